The maximum absolute atomic E-state index is 9.82. The van der Waals surface area contributed by atoms with Gasteiger partial charge in [0.05, 0.1) is 13.2 Å². The largest absolute Gasteiger partial charge is 0.466 e. The topological polar surface area (TPSA) is 84.1 Å². The molecule has 0 unspecified atom stereocenters. The van der Waals surface area contributed by atoms with E-state index in [0.717, 1.165) is 0 Å². The van der Waals surface area contributed by atoms with Crippen molar-refractivity contribution in [2.45, 2.75) is 27.7 Å². The lowest BCUT2D eigenvalue weighted by molar-refractivity contribution is -0.141. The van der Waals surface area contributed by atoms with Crippen LogP contribution in [0.3, 0.4) is 0 Å². The van der Waals surface area contributed by atoms with Gasteiger partial charge in [-0.25, -0.2) is 0 Å². The Hall–Kier alpha value is -1.10. The van der Waals surface area contributed by atoms with Crippen LogP contribution in [0.15, 0.2) is 0 Å². The van der Waals surface area contributed by atoms with Crippen LogP contribution in [0.4, 0.5) is 0 Å². The second kappa shape index (κ2) is 13.5. The molecule has 0 aliphatic heterocycles. The Kier molecular flexibility index (Phi) is 18.5. The van der Waals surface area contributed by atoms with E-state index in [-0.39, 0.29) is 17.4 Å². The molecule has 0 aliphatic carbocycles. The summed E-state index contributed by atoms with van der Waals surface area (Å²) in [6, 6.07) is 0. The number of carbonyl (C=O) groups excluding carboxylic acids is 2. The zero-order valence-electron chi connectivity index (χ0n) is 8.55. The van der Waals surface area contributed by atoms with Crippen molar-refractivity contribution in [3.8, 4) is 0 Å². The van der Waals surface area contributed by atoms with E-state index in [0.29, 0.717) is 13.2 Å². The van der Waals surface area contributed by atoms with Crippen molar-refractivity contribution in [1.29, 1.82) is 0 Å². The molecule has 0 aliphatic rings. The van der Waals surface area contributed by atoms with Crippen molar-refractivity contribution in [3.63, 3.8) is 0 Å². The number of rotatable bonds is 2. The van der Waals surface area contributed by atoms with Crippen molar-refractivity contribution in [1.82, 2.24) is 0 Å². The lowest BCUT2D eigenvalue weighted by Crippen LogP contribution is -1.95. The molecule has 0 aromatic rings. The fourth-order valence-corrected chi connectivity index (χ4v) is 0.407. The van der Waals surface area contributed by atoms with Crippen LogP contribution in [-0.2, 0) is 19.1 Å². The minimum atomic E-state index is -0.211. The molecule has 0 saturated heterocycles. The fourth-order valence-electron chi connectivity index (χ4n) is 0.407. The van der Waals surface area contributed by atoms with Gasteiger partial charge in [0.2, 0.25) is 0 Å². The molecule has 5 heteroatoms. The molecule has 0 aromatic heterocycles. The summed E-state index contributed by atoms with van der Waals surface area (Å²) in [5, 5.41) is 0. The molecule has 0 amide bonds. The average molecular weight is 194 g/mol. The summed E-state index contributed by atoms with van der Waals surface area (Å²) in [6.07, 6.45) is 0. The first-order valence-corrected chi connectivity index (χ1v) is 3.81. The minimum Gasteiger partial charge on any atom is -0.466 e. The monoisotopic (exact) mass is 194 g/mol. The molecular formula is C8H18O5. The number of hydrogen-bond acceptors (Lipinski definition) is 4. The lowest BCUT2D eigenvalue weighted by atomic mass is 10.8. The third kappa shape index (κ3) is 36.0. The average Bonchev–Trinajstić information content (AvgIpc) is 1.87. The predicted molar refractivity (Wildman–Crippen MR) is 48.2 cm³/mol. The van der Waals surface area contributed by atoms with Crippen molar-refractivity contribution in [2.75, 3.05) is 13.2 Å². The van der Waals surface area contributed by atoms with Crippen LogP contribution in [0.5, 0.6) is 0 Å². The van der Waals surface area contributed by atoms with Gasteiger partial charge in [-0.15, -0.1) is 0 Å². The molecule has 13 heavy (non-hydrogen) atoms. The molecule has 0 saturated carbocycles. The Bertz CT molecular complexity index is 116. The summed E-state index contributed by atoms with van der Waals surface area (Å²) >= 11 is 0. The molecule has 0 radical (unpaired) electrons. The van der Waals surface area contributed by atoms with Gasteiger partial charge in [0, 0.05) is 13.8 Å². The first-order valence-electron chi connectivity index (χ1n) is 3.81. The summed E-state index contributed by atoms with van der Waals surface area (Å²) in [7, 11) is 0. The SMILES string of the molecule is CCOC(C)=O.CCOC(C)=O.O. The third-order valence-corrected chi connectivity index (χ3v) is 0.695. The van der Waals surface area contributed by atoms with E-state index >= 15 is 0 Å². The highest BCUT2D eigenvalue weighted by Crippen LogP contribution is 1.70. The standard InChI is InChI=1S/2C4H8O2.H2O/c2*1-3-6-4(2)5;/h2*3H2,1-2H3;1H2. The number of carbonyl (C=O) groups is 2. The van der Waals surface area contributed by atoms with Crippen molar-refractivity contribution >= 4 is 11.9 Å². The van der Waals surface area contributed by atoms with E-state index in [1.54, 1.807) is 13.8 Å². The fraction of sp³-hybridized carbons (Fsp3) is 0.750. The molecule has 0 heterocycles. The van der Waals surface area contributed by atoms with Gasteiger partial charge < -0.3 is 14.9 Å². The number of ether oxygens (including phenoxy) is 2. The van der Waals surface area contributed by atoms with Gasteiger partial charge in [0.25, 0.3) is 0 Å². The zero-order valence-corrected chi connectivity index (χ0v) is 8.55. The molecule has 0 rings (SSSR count). The van der Waals surface area contributed by atoms with Gasteiger partial charge in [-0.05, 0) is 13.8 Å². The summed E-state index contributed by atoms with van der Waals surface area (Å²) in [6.45, 7) is 7.31. The Morgan fingerprint density at radius 2 is 1.15 bits per heavy atom. The molecule has 0 spiro atoms. The molecule has 0 bridgehead atoms. The van der Waals surface area contributed by atoms with Gasteiger partial charge in [-0.1, -0.05) is 0 Å². The smallest absolute Gasteiger partial charge is 0.302 e. The van der Waals surface area contributed by atoms with Gasteiger partial charge in [-0.2, -0.15) is 0 Å². The summed E-state index contributed by atoms with van der Waals surface area (Å²) in [5.41, 5.74) is 0. The van der Waals surface area contributed by atoms with Crippen molar-refractivity contribution in [2.24, 2.45) is 0 Å². The van der Waals surface area contributed by atoms with Gasteiger partial charge in [0.1, 0.15) is 0 Å². The van der Waals surface area contributed by atoms with E-state index in [2.05, 4.69) is 9.47 Å². The van der Waals surface area contributed by atoms with E-state index in [1.807, 2.05) is 0 Å². The second-order valence-electron chi connectivity index (χ2n) is 1.85. The van der Waals surface area contributed by atoms with Gasteiger partial charge >= 0.3 is 11.9 Å². The predicted octanol–water partition coefficient (Wildman–Crippen LogP) is 0.314. The molecule has 0 atom stereocenters. The quantitative estimate of drug-likeness (QED) is 0.592. The molecule has 80 valence electrons. The molecule has 0 fully saturated rings. The van der Waals surface area contributed by atoms with Crippen LogP contribution in [0.2, 0.25) is 0 Å². The maximum Gasteiger partial charge on any atom is 0.302 e. The number of hydrogen-bond donors (Lipinski definition) is 0. The van der Waals surface area contributed by atoms with E-state index in [1.165, 1.54) is 13.8 Å². The minimum absolute atomic E-state index is 0. The summed E-state index contributed by atoms with van der Waals surface area (Å²) < 4.78 is 8.81. The lowest BCUT2D eigenvalue weighted by Gasteiger charge is -1.89. The van der Waals surface area contributed by atoms with Crippen LogP contribution in [0.25, 0.3) is 0 Å². The highest BCUT2D eigenvalue weighted by Gasteiger charge is 1.82. The highest BCUT2D eigenvalue weighted by molar-refractivity contribution is 5.66. The van der Waals surface area contributed by atoms with Crippen LogP contribution < -0.4 is 0 Å². The van der Waals surface area contributed by atoms with E-state index in [9.17, 15) is 9.59 Å². The molecule has 0 aromatic carbocycles. The molecule has 5 nitrogen and oxygen atoms in total. The maximum atomic E-state index is 9.82. The molecular weight excluding hydrogens is 176 g/mol. The normalized spacial score (nSPS) is 7.08. The third-order valence-electron chi connectivity index (χ3n) is 0.695. The van der Waals surface area contributed by atoms with Crippen LogP contribution in [0.1, 0.15) is 27.7 Å². The van der Waals surface area contributed by atoms with E-state index in [4.69, 9.17) is 0 Å². The van der Waals surface area contributed by atoms with Crippen LogP contribution in [-0.4, -0.2) is 30.6 Å². The van der Waals surface area contributed by atoms with Gasteiger partial charge in [0.15, 0.2) is 0 Å². The zero-order chi connectivity index (χ0) is 9.98. The van der Waals surface area contributed by atoms with E-state index < -0.39 is 0 Å². The Balaban J connectivity index is -0.000000143. The Labute approximate surface area is 78.3 Å². The first kappa shape index (κ1) is 17.8. The number of esters is 2. The van der Waals surface area contributed by atoms with Crippen LogP contribution in [0, 0.1) is 0 Å². The Morgan fingerprint density at radius 1 is 0.923 bits per heavy atom. The van der Waals surface area contributed by atoms with Crippen molar-refractivity contribution < 1.29 is 24.5 Å². The Morgan fingerprint density at radius 3 is 1.15 bits per heavy atom. The first-order chi connectivity index (χ1) is 5.54. The summed E-state index contributed by atoms with van der Waals surface area (Å²) in [4.78, 5) is 19.6. The van der Waals surface area contributed by atoms with Crippen LogP contribution >= 0.6 is 0 Å². The van der Waals surface area contributed by atoms with Crippen molar-refractivity contribution in [3.05, 3.63) is 0 Å². The summed E-state index contributed by atoms with van der Waals surface area (Å²) in [5.74, 6) is -0.421. The second-order valence-corrected chi connectivity index (χ2v) is 1.85. The van der Waals surface area contributed by atoms with Gasteiger partial charge in [-0.3, -0.25) is 9.59 Å². The molecule has 2 N–H and O–H groups in total. The highest BCUT2D eigenvalue weighted by atomic mass is 16.5.